The number of nitrogens with one attached hydrogen (secondary N) is 1. The van der Waals surface area contributed by atoms with Crippen LogP contribution in [0.1, 0.15) is 32.7 Å². The summed E-state index contributed by atoms with van der Waals surface area (Å²) < 4.78 is 1.68. The molecule has 0 aliphatic carbocycles. The summed E-state index contributed by atoms with van der Waals surface area (Å²) in [5.41, 5.74) is 6.55. The predicted octanol–water partition coefficient (Wildman–Crippen LogP) is 4.62. The number of hydrazone groups is 1. The fourth-order valence-corrected chi connectivity index (χ4v) is 2.92. The zero-order valence-corrected chi connectivity index (χ0v) is 16.4. The molecule has 1 N–H and O–H groups in total. The van der Waals surface area contributed by atoms with Crippen LogP contribution < -0.4 is 5.43 Å². The van der Waals surface area contributed by atoms with Crippen LogP contribution in [0.5, 0.6) is 0 Å². The third-order valence-electron chi connectivity index (χ3n) is 4.03. The number of carbonyl (C=O) groups excluding carboxylic acids is 1. The monoisotopic (exact) mass is 400 g/mol. The van der Waals surface area contributed by atoms with Crippen molar-refractivity contribution in [3.63, 3.8) is 0 Å². The van der Waals surface area contributed by atoms with Crippen molar-refractivity contribution in [2.24, 2.45) is 5.10 Å². The molecule has 3 aromatic rings. The summed E-state index contributed by atoms with van der Waals surface area (Å²) in [6.45, 7) is 4.32. The maximum Gasteiger partial charge on any atom is 0.271 e. The molecule has 0 radical (unpaired) electrons. The number of amides is 1. The fraction of sp³-hybridized carbons (Fsp3) is 0.150. The average Bonchev–Trinajstić information content (AvgIpc) is 2.91. The highest BCUT2D eigenvalue weighted by Gasteiger charge is 2.12. The van der Waals surface area contributed by atoms with Crippen LogP contribution in [0.4, 0.5) is 0 Å². The number of aryl methyl sites for hydroxylation is 2. The van der Waals surface area contributed by atoms with Crippen molar-refractivity contribution in [1.82, 2.24) is 15.2 Å². The average molecular weight is 401 g/mol. The van der Waals surface area contributed by atoms with Gasteiger partial charge < -0.3 is 0 Å². The number of aromatic nitrogens is 2. The molecule has 0 aliphatic heterocycles. The maximum absolute atomic E-state index is 12.1. The van der Waals surface area contributed by atoms with Crippen LogP contribution in [-0.4, -0.2) is 21.9 Å². The Morgan fingerprint density at radius 1 is 1.11 bits per heavy atom. The van der Waals surface area contributed by atoms with Crippen molar-refractivity contribution in [2.45, 2.75) is 20.4 Å². The molecule has 3 rings (SSSR count). The van der Waals surface area contributed by atoms with E-state index in [2.05, 4.69) is 15.6 Å². The Labute approximate surface area is 167 Å². The molecule has 27 heavy (non-hydrogen) atoms. The van der Waals surface area contributed by atoms with Crippen LogP contribution in [0.2, 0.25) is 10.2 Å². The molecule has 2 aromatic carbocycles. The second-order valence-corrected chi connectivity index (χ2v) is 6.93. The van der Waals surface area contributed by atoms with Gasteiger partial charge in [-0.15, -0.1) is 0 Å². The topological polar surface area (TPSA) is 59.3 Å². The van der Waals surface area contributed by atoms with Gasteiger partial charge in [-0.05, 0) is 43.7 Å². The zero-order chi connectivity index (χ0) is 19.4. The molecule has 138 valence electrons. The van der Waals surface area contributed by atoms with Gasteiger partial charge in [-0.25, -0.2) is 10.1 Å². The van der Waals surface area contributed by atoms with Gasteiger partial charge in [0.25, 0.3) is 5.91 Å². The third kappa shape index (κ3) is 4.76. The van der Waals surface area contributed by atoms with E-state index < -0.39 is 0 Å². The summed E-state index contributed by atoms with van der Waals surface area (Å²) in [7, 11) is 0. The lowest BCUT2D eigenvalue weighted by molar-refractivity contribution is 0.0955. The fourth-order valence-electron chi connectivity index (χ4n) is 2.51. The van der Waals surface area contributed by atoms with E-state index in [4.69, 9.17) is 23.2 Å². The molecular weight excluding hydrogens is 383 g/mol. The highest BCUT2D eigenvalue weighted by Crippen LogP contribution is 2.20. The van der Waals surface area contributed by atoms with Crippen molar-refractivity contribution in [3.8, 4) is 0 Å². The van der Waals surface area contributed by atoms with Crippen LogP contribution >= 0.6 is 23.2 Å². The summed E-state index contributed by atoms with van der Waals surface area (Å²) >= 11 is 12.3. The molecule has 5 nitrogen and oxygen atoms in total. The molecule has 7 heteroatoms. The van der Waals surface area contributed by atoms with Crippen LogP contribution in [0, 0.1) is 13.8 Å². The number of hydrogen-bond acceptors (Lipinski definition) is 3. The molecule has 0 bridgehead atoms. The van der Waals surface area contributed by atoms with E-state index in [0.717, 1.165) is 16.8 Å². The molecule has 0 fully saturated rings. The van der Waals surface area contributed by atoms with Crippen LogP contribution in [0.25, 0.3) is 0 Å². The first kappa shape index (κ1) is 19.1. The minimum absolute atomic E-state index is 0.284. The largest absolute Gasteiger partial charge is 0.271 e. The first-order valence-electron chi connectivity index (χ1n) is 8.31. The van der Waals surface area contributed by atoms with E-state index in [0.29, 0.717) is 27.8 Å². The highest BCUT2D eigenvalue weighted by molar-refractivity contribution is 6.32. The molecule has 0 atom stereocenters. The smallest absolute Gasteiger partial charge is 0.267 e. The van der Waals surface area contributed by atoms with Crippen molar-refractivity contribution in [3.05, 3.63) is 86.7 Å². The van der Waals surface area contributed by atoms with E-state index in [1.54, 1.807) is 16.8 Å². The Balaban J connectivity index is 1.70. The summed E-state index contributed by atoms with van der Waals surface area (Å²) in [6, 6.07) is 14.7. The third-order valence-corrected chi connectivity index (χ3v) is 4.68. The van der Waals surface area contributed by atoms with Gasteiger partial charge in [-0.2, -0.15) is 10.2 Å². The summed E-state index contributed by atoms with van der Waals surface area (Å²) in [4.78, 5) is 12.1. The van der Waals surface area contributed by atoms with Gasteiger partial charge in [0.1, 0.15) is 5.15 Å². The minimum atomic E-state index is -0.284. The van der Waals surface area contributed by atoms with Crippen LogP contribution in [0.3, 0.4) is 0 Å². The van der Waals surface area contributed by atoms with Gasteiger partial charge in [0.2, 0.25) is 0 Å². The Morgan fingerprint density at radius 3 is 2.44 bits per heavy atom. The quantitative estimate of drug-likeness (QED) is 0.501. The van der Waals surface area contributed by atoms with Gasteiger partial charge in [-0.3, -0.25) is 4.79 Å². The standard InChI is InChI=1S/C20H18Cl2N4O/c1-13-3-7-16(8-4-13)20(27)24-23-11-18-14(2)25-26(19(18)22)12-15-5-9-17(21)10-6-15/h3-11H,12H2,1-2H3,(H,24,27)/b23-11-. The molecule has 0 spiro atoms. The maximum atomic E-state index is 12.1. The molecule has 0 unspecified atom stereocenters. The Hall–Kier alpha value is -2.63. The van der Waals surface area contributed by atoms with Gasteiger partial charge >= 0.3 is 0 Å². The minimum Gasteiger partial charge on any atom is -0.267 e. The van der Waals surface area contributed by atoms with E-state index in [-0.39, 0.29) is 5.91 Å². The Morgan fingerprint density at radius 2 is 1.78 bits per heavy atom. The second-order valence-electron chi connectivity index (χ2n) is 6.14. The number of carbonyl (C=O) groups is 1. The molecular formula is C20H18Cl2N4O. The normalized spacial score (nSPS) is 11.1. The van der Waals surface area contributed by atoms with Gasteiger partial charge in [0.15, 0.2) is 0 Å². The van der Waals surface area contributed by atoms with Gasteiger partial charge in [0, 0.05) is 10.6 Å². The summed E-state index contributed by atoms with van der Waals surface area (Å²) in [5, 5.41) is 9.59. The zero-order valence-electron chi connectivity index (χ0n) is 14.9. The highest BCUT2D eigenvalue weighted by atomic mass is 35.5. The van der Waals surface area contributed by atoms with E-state index >= 15 is 0 Å². The first-order chi connectivity index (χ1) is 12.9. The van der Waals surface area contributed by atoms with E-state index in [1.807, 2.05) is 50.2 Å². The summed E-state index contributed by atoms with van der Waals surface area (Å²) in [5.74, 6) is -0.284. The number of nitrogens with zero attached hydrogens (tertiary/aromatic N) is 3. The molecule has 1 heterocycles. The Kier molecular flexibility index (Phi) is 5.94. The first-order valence-corrected chi connectivity index (χ1v) is 9.07. The predicted molar refractivity (Wildman–Crippen MR) is 109 cm³/mol. The van der Waals surface area contributed by atoms with Gasteiger partial charge in [-0.1, -0.05) is 53.0 Å². The lowest BCUT2D eigenvalue weighted by atomic mass is 10.1. The van der Waals surface area contributed by atoms with E-state index in [9.17, 15) is 4.79 Å². The Bertz CT molecular complexity index is 976. The van der Waals surface area contributed by atoms with Gasteiger partial charge in [0.05, 0.1) is 24.0 Å². The lowest BCUT2D eigenvalue weighted by Gasteiger charge is -2.03. The van der Waals surface area contributed by atoms with Crippen molar-refractivity contribution in [1.29, 1.82) is 0 Å². The SMILES string of the molecule is Cc1ccc(C(=O)N/N=C\c2c(C)nn(Cc3ccc(Cl)cc3)c2Cl)cc1. The van der Waals surface area contributed by atoms with Crippen LogP contribution in [0.15, 0.2) is 53.6 Å². The van der Waals surface area contributed by atoms with Crippen molar-refractivity contribution in [2.75, 3.05) is 0 Å². The molecule has 0 aliphatic rings. The molecule has 1 amide bonds. The lowest BCUT2D eigenvalue weighted by Crippen LogP contribution is -2.17. The number of benzene rings is 2. The second kappa shape index (κ2) is 8.37. The van der Waals surface area contributed by atoms with E-state index in [1.165, 1.54) is 6.21 Å². The van der Waals surface area contributed by atoms with Crippen molar-refractivity contribution >= 4 is 35.3 Å². The molecule has 0 saturated heterocycles. The van der Waals surface area contributed by atoms with Crippen molar-refractivity contribution < 1.29 is 4.79 Å². The molecule has 1 aromatic heterocycles. The number of rotatable bonds is 5. The number of halogens is 2. The van der Waals surface area contributed by atoms with Crippen LogP contribution in [-0.2, 0) is 6.54 Å². The summed E-state index contributed by atoms with van der Waals surface area (Å²) in [6.07, 6.45) is 1.51. The number of hydrogen-bond donors (Lipinski definition) is 1. The molecule has 0 saturated carbocycles.